The van der Waals surface area contributed by atoms with Crippen molar-refractivity contribution in [1.29, 1.82) is 0 Å². The normalized spacial score (nSPS) is 17.8. The molecule has 1 N–H and O–H groups in total. The molecule has 0 radical (unpaired) electrons. The van der Waals surface area contributed by atoms with Crippen LogP contribution in [0.15, 0.2) is 61.2 Å². The lowest BCUT2D eigenvalue weighted by Gasteiger charge is -2.33. The van der Waals surface area contributed by atoms with Gasteiger partial charge in [-0.1, -0.05) is 18.2 Å². The van der Waals surface area contributed by atoms with Crippen molar-refractivity contribution in [2.24, 2.45) is 11.8 Å². The summed E-state index contributed by atoms with van der Waals surface area (Å²) < 4.78 is 111. The number of benzene rings is 3. The van der Waals surface area contributed by atoms with E-state index in [0.717, 1.165) is 30.5 Å². The van der Waals surface area contributed by atoms with Gasteiger partial charge in [-0.05, 0) is 104 Å². The third kappa shape index (κ3) is 8.41. The average Bonchev–Trinajstić information content (AvgIpc) is 2.98. The molecule has 0 amide bonds. The number of aliphatic hydroxyl groups excluding tert-OH is 1. The summed E-state index contributed by atoms with van der Waals surface area (Å²) in [5.41, 5.74) is 0.668. The van der Waals surface area contributed by atoms with Gasteiger partial charge in [-0.15, -0.1) is 6.58 Å². The second-order valence-corrected chi connectivity index (χ2v) is 11.2. The monoisotopic (exact) mass is 624 g/mol. The zero-order valence-corrected chi connectivity index (χ0v) is 24.1. The highest BCUT2D eigenvalue weighted by atomic mass is 19.3. The molecule has 1 saturated carbocycles. The summed E-state index contributed by atoms with van der Waals surface area (Å²) in [6.07, 6.45) is 1.08. The molecular formula is C34H35F7O3. The van der Waals surface area contributed by atoms with Gasteiger partial charge in [-0.2, -0.15) is 8.78 Å². The lowest BCUT2D eigenvalue weighted by Crippen LogP contribution is -2.37. The van der Waals surface area contributed by atoms with Crippen molar-refractivity contribution in [3.63, 3.8) is 0 Å². The molecule has 238 valence electrons. The van der Waals surface area contributed by atoms with Crippen molar-refractivity contribution in [1.82, 2.24) is 0 Å². The summed E-state index contributed by atoms with van der Waals surface area (Å²) in [7, 11) is 0. The first-order valence-electron chi connectivity index (χ1n) is 14.6. The maximum atomic E-state index is 15.2. The Morgan fingerprint density at radius 2 is 1.59 bits per heavy atom. The van der Waals surface area contributed by atoms with Crippen molar-refractivity contribution in [2.75, 3.05) is 19.8 Å². The number of hydrogen-bond donors (Lipinski definition) is 1. The molecule has 3 aromatic carbocycles. The van der Waals surface area contributed by atoms with Crippen molar-refractivity contribution in [2.45, 2.75) is 57.0 Å². The predicted octanol–water partition coefficient (Wildman–Crippen LogP) is 9.13. The van der Waals surface area contributed by atoms with Gasteiger partial charge < -0.3 is 14.6 Å². The zero-order valence-electron chi connectivity index (χ0n) is 24.1. The third-order valence-corrected chi connectivity index (χ3v) is 8.09. The van der Waals surface area contributed by atoms with Crippen molar-refractivity contribution >= 4 is 0 Å². The van der Waals surface area contributed by atoms with E-state index in [4.69, 9.17) is 14.6 Å². The topological polar surface area (TPSA) is 38.7 Å². The minimum atomic E-state index is -3.64. The fraction of sp³-hybridized carbons (Fsp3) is 0.412. The summed E-state index contributed by atoms with van der Waals surface area (Å²) >= 11 is 0. The molecule has 10 heteroatoms. The van der Waals surface area contributed by atoms with Gasteiger partial charge >= 0.3 is 6.11 Å². The molecule has 3 nitrogen and oxygen atoms in total. The fourth-order valence-corrected chi connectivity index (χ4v) is 5.76. The van der Waals surface area contributed by atoms with Gasteiger partial charge in [0.25, 0.3) is 0 Å². The van der Waals surface area contributed by atoms with Crippen LogP contribution in [0, 0.1) is 40.9 Å². The molecule has 0 spiro atoms. The number of hydrogen-bond acceptors (Lipinski definition) is 3. The van der Waals surface area contributed by atoms with E-state index in [2.05, 4.69) is 6.58 Å². The van der Waals surface area contributed by atoms with Crippen LogP contribution in [0.2, 0.25) is 0 Å². The van der Waals surface area contributed by atoms with Gasteiger partial charge in [0.05, 0.1) is 19.1 Å². The first-order valence-corrected chi connectivity index (χ1v) is 14.6. The molecule has 0 aromatic heterocycles. The van der Waals surface area contributed by atoms with E-state index in [1.165, 1.54) is 6.07 Å². The van der Waals surface area contributed by atoms with Crippen LogP contribution < -0.4 is 4.74 Å². The van der Waals surface area contributed by atoms with Gasteiger partial charge in [-0.25, -0.2) is 22.0 Å². The standard InChI is InChI=1S/C34H35F7O3/c1-2-3-4-22(20-43-14-13-42)15-21-5-11-27(29(35)16-21)23-6-8-25(9-7-23)34(40,41)44-26-10-12-28(30(36)19-26)24-17-31(37)33(39)32(38)18-24/h2,5,10-12,16-19,22-23,25,42H,1,3-4,6-9,13-15,20H2. The number of ether oxygens (including phenoxy) is 2. The molecule has 1 aliphatic rings. The van der Waals surface area contributed by atoms with Crippen LogP contribution in [0.25, 0.3) is 11.1 Å². The van der Waals surface area contributed by atoms with Crippen LogP contribution in [0.5, 0.6) is 5.75 Å². The number of allylic oxidation sites excluding steroid dienone is 1. The Bertz CT molecular complexity index is 1400. The zero-order chi connectivity index (χ0) is 31.9. The Hall–Kier alpha value is -3.37. The molecule has 0 saturated heterocycles. The van der Waals surface area contributed by atoms with Crippen LogP contribution in [0.4, 0.5) is 30.7 Å². The molecule has 1 unspecified atom stereocenters. The SMILES string of the molecule is C=CCCC(COCCO)Cc1ccc(C2CCC(C(F)(F)Oc3ccc(-c4cc(F)c(F)c(F)c4)c(F)c3)CC2)c(F)c1. The highest BCUT2D eigenvalue weighted by Gasteiger charge is 2.44. The Morgan fingerprint density at radius 1 is 0.886 bits per heavy atom. The summed E-state index contributed by atoms with van der Waals surface area (Å²) in [4.78, 5) is 0. The Kier molecular flexibility index (Phi) is 11.5. The number of rotatable bonds is 14. The third-order valence-electron chi connectivity index (χ3n) is 8.09. The first-order chi connectivity index (χ1) is 21.0. The van der Waals surface area contributed by atoms with Crippen LogP contribution in [0.1, 0.15) is 55.6 Å². The highest BCUT2D eigenvalue weighted by Crippen LogP contribution is 2.44. The highest BCUT2D eigenvalue weighted by molar-refractivity contribution is 5.65. The minimum Gasteiger partial charge on any atom is -0.432 e. The van der Waals surface area contributed by atoms with E-state index < -0.39 is 41.0 Å². The van der Waals surface area contributed by atoms with Crippen molar-refractivity contribution < 1.29 is 45.3 Å². The molecular weight excluding hydrogens is 589 g/mol. The van der Waals surface area contributed by atoms with Gasteiger partial charge in [0.2, 0.25) is 0 Å². The Morgan fingerprint density at radius 3 is 2.20 bits per heavy atom. The number of aliphatic hydroxyl groups is 1. The van der Waals surface area contributed by atoms with E-state index in [-0.39, 0.29) is 54.8 Å². The van der Waals surface area contributed by atoms with E-state index >= 15 is 13.2 Å². The Balaban J connectivity index is 1.36. The molecule has 3 aromatic rings. The van der Waals surface area contributed by atoms with E-state index in [9.17, 15) is 17.6 Å². The van der Waals surface area contributed by atoms with Crippen molar-refractivity contribution in [3.05, 3.63) is 101 Å². The fourth-order valence-electron chi connectivity index (χ4n) is 5.76. The summed E-state index contributed by atoms with van der Waals surface area (Å²) in [5, 5.41) is 8.96. The van der Waals surface area contributed by atoms with Gasteiger partial charge in [0.15, 0.2) is 17.5 Å². The van der Waals surface area contributed by atoms with Crippen LogP contribution >= 0.6 is 0 Å². The smallest absolute Gasteiger partial charge is 0.400 e. The molecule has 0 bridgehead atoms. The van der Waals surface area contributed by atoms with Gasteiger partial charge in [-0.3, -0.25) is 0 Å². The lowest BCUT2D eigenvalue weighted by atomic mass is 9.77. The average molecular weight is 625 g/mol. The summed E-state index contributed by atoms with van der Waals surface area (Å²) in [6, 6.07) is 9.03. The largest absolute Gasteiger partial charge is 0.432 e. The molecule has 1 atom stereocenters. The molecule has 0 heterocycles. The number of halogens is 7. The second kappa shape index (κ2) is 15.1. The first kappa shape index (κ1) is 33.5. The van der Waals surface area contributed by atoms with Gasteiger partial charge in [0.1, 0.15) is 17.4 Å². The van der Waals surface area contributed by atoms with Gasteiger partial charge in [0, 0.05) is 18.2 Å². The maximum absolute atomic E-state index is 15.2. The Labute approximate surface area is 252 Å². The molecule has 4 rings (SSSR count). The van der Waals surface area contributed by atoms with Crippen molar-refractivity contribution in [3.8, 4) is 16.9 Å². The minimum absolute atomic E-state index is 0.0549. The maximum Gasteiger partial charge on any atom is 0.400 e. The summed E-state index contributed by atoms with van der Waals surface area (Å²) in [5.74, 6) is -7.95. The number of alkyl halides is 2. The van der Waals surface area contributed by atoms with Crippen LogP contribution in [-0.2, 0) is 11.2 Å². The van der Waals surface area contributed by atoms with Crippen LogP contribution in [0.3, 0.4) is 0 Å². The molecule has 1 aliphatic carbocycles. The quantitative estimate of drug-likeness (QED) is 0.0842. The molecule has 44 heavy (non-hydrogen) atoms. The van der Waals surface area contributed by atoms with E-state index in [0.29, 0.717) is 49.6 Å². The summed E-state index contributed by atoms with van der Waals surface area (Å²) in [6.45, 7) is 4.33. The second-order valence-electron chi connectivity index (χ2n) is 11.2. The van der Waals surface area contributed by atoms with E-state index in [1.54, 1.807) is 6.07 Å². The van der Waals surface area contributed by atoms with E-state index in [1.807, 2.05) is 12.1 Å². The molecule has 1 fully saturated rings. The predicted molar refractivity (Wildman–Crippen MR) is 153 cm³/mol. The lowest BCUT2D eigenvalue weighted by molar-refractivity contribution is -0.222. The van der Waals surface area contributed by atoms with Crippen LogP contribution in [-0.4, -0.2) is 31.0 Å². The molecule has 0 aliphatic heterocycles.